The molecule has 0 aromatic heterocycles. The summed E-state index contributed by atoms with van der Waals surface area (Å²) < 4.78 is 18.0. The van der Waals surface area contributed by atoms with Gasteiger partial charge in [-0.2, -0.15) is 0 Å². The number of hydrogen-bond acceptors (Lipinski definition) is 3. The van der Waals surface area contributed by atoms with Crippen LogP contribution in [0.5, 0.6) is 0 Å². The second kappa shape index (κ2) is 6.28. The summed E-state index contributed by atoms with van der Waals surface area (Å²) >= 11 is 0. The predicted molar refractivity (Wildman–Crippen MR) is 65.9 cm³/mol. The van der Waals surface area contributed by atoms with E-state index in [1.54, 1.807) is 20.8 Å². The molecule has 0 aliphatic carbocycles. The molecule has 0 heterocycles. The van der Waals surface area contributed by atoms with Crippen molar-refractivity contribution in [2.45, 2.75) is 27.2 Å². The fraction of sp³-hybridized carbons (Fsp3) is 0.429. The molecule has 0 fully saturated rings. The molecule has 1 aromatic carbocycles. The third kappa shape index (κ3) is 3.15. The molecule has 0 radical (unpaired) electrons. The van der Waals surface area contributed by atoms with Crippen molar-refractivity contribution in [2.75, 3.05) is 6.61 Å². The first-order valence-electron chi connectivity index (χ1n) is 5.98. The zero-order chi connectivity index (χ0) is 13.7. The van der Waals surface area contributed by atoms with E-state index in [1.165, 1.54) is 18.2 Å². The van der Waals surface area contributed by atoms with E-state index in [9.17, 15) is 14.0 Å². The van der Waals surface area contributed by atoms with Gasteiger partial charge in [0.25, 0.3) is 0 Å². The number of esters is 1. The smallest absolute Gasteiger partial charge is 0.316 e. The van der Waals surface area contributed by atoms with Gasteiger partial charge in [-0.05, 0) is 38.0 Å². The first-order valence-corrected chi connectivity index (χ1v) is 5.98. The number of rotatable bonds is 5. The summed E-state index contributed by atoms with van der Waals surface area (Å²) in [5, 5.41) is 0. The molecule has 0 spiro atoms. The molecule has 4 heteroatoms. The molecule has 0 aliphatic rings. The van der Waals surface area contributed by atoms with Crippen LogP contribution in [0.3, 0.4) is 0 Å². The first kappa shape index (κ1) is 14.4. The second-order valence-corrected chi connectivity index (χ2v) is 4.04. The lowest BCUT2D eigenvalue weighted by atomic mass is 9.92. The van der Waals surface area contributed by atoms with Crippen LogP contribution in [0.4, 0.5) is 4.39 Å². The van der Waals surface area contributed by atoms with Crippen molar-refractivity contribution in [3.05, 3.63) is 35.1 Å². The molecule has 1 aromatic rings. The number of carbonyl (C=O) groups excluding carboxylic acids is 2. The number of ether oxygens (including phenoxy) is 1. The minimum absolute atomic E-state index is 0.227. The van der Waals surface area contributed by atoms with Crippen molar-refractivity contribution in [3.63, 3.8) is 0 Å². The summed E-state index contributed by atoms with van der Waals surface area (Å²) in [6, 6.07) is 3.98. The van der Waals surface area contributed by atoms with E-state index in [0.29, 0.717) is 12.0 Å². The largest absolute Gasteiger partial charge is 0.465 e. The number of benzene rings is 1. The minimum Gasteiger partial charge on any atom is -0.465 e. The third-order valence-corrected chi connectivity index (χ3v) is 2.76. The van der Waals surface area contributed by atoms with Crippen LogP contribution in [0.25, 0.3) is 0 Å². The SMILES string of the molecule is CCOC(=O)C(CC)C(=O)c1cc(F)ccc1C. The van der Waals surface area contributed by atoms with Crippen LogP contribution in [0.15, 0.2) is 18.2 Å². The number of aryl methyl sites for hydroxylation is 1. The summed E-state index contributed by atoms with van der Waals surface area (Å²) in [5.74, 6) is -2.27. The van der Waals surface area contributed by atoms with Gasteiger partial charge in [-0.25, -0.2) is 4.39 Å². The zero-order valence-corrected chi connectivity index (χ0v) is 10.8. The van der Waals surface area contributed by atoms with Crippen molar-refractivity contribution in [1.82, 2.24) is 0 Å². The maximum atomic E-state index is 13.2. The van der Waals surface area contributed by atoms with E-state index < -0.39 is 17.7 Å². The summed E-state index contributed by atoms with van der Waals surface area (Å²) in [5.41, 5.74) is 0.902. The average Bonchev–Trinajstić information content (AvgIpc) is 2.33. The predicted octanol–water partition coefficient (Wildman–Crippen LogP) is 2.91. The Labute approximate surface area is 106 Å². The van der Waals surface area contributed by atoms with Crippen molar-refractivity contribution >= 4 is 11.8 Å². The normalized spacial score (nSPS) is 12.0. The maximum absolute atomic E-state index is 13.2. The van der Waals surface area contributed by atoms with E-state index in [0.717, 1.165) is 0 Å². The Balaban J connectivity index is 3.03. The molecule has 0 aliphatic heterocycles. The van der Waals surface area contributed by atoms with Gasteiger partial charge in [-0.15, -0.1) is 0 Å². The maximum Gasteiger partial charge on any atom is 0.316 e. The van der Waals surface area contributed by atoms with Crippen LogP contribution in [0, 0.1) is 18.7 Å². The summed E-state index contributed by atoms with van der Waals surface area (Å²) in [6.45, 7) is 5.35. The van der Waals surface area contributed by atoms with Crippen LogP contribution < -0.4 is 0 Å². The lowest BCUT2D eigenvalue weighted by Gasteiger charge is -2.13. The lowest BCUT2D eigenvalue weighted by Crippen LogP contribution is -2.26. The molecule has 0 N–H and O–H groups in total. The zero-order valence-electron chi connectivity index (χ0n) is 10.8. The number of ketones is 1. The third-order valence-electron chi connectivity index (χ3n) is 2.76. The Kier molecular flexibility index (Phi) is 5.01. The van der Waals surface area contributed by atoms with Crippen molar-refractivity contribution in [1.29, 1.82) is 0 Å². The molecule has 1 rings (SSSR count). The Morgan fingerprint density at radius 2 is 2.00 bits per heavy atom. The van der Waals surface area contributed by atoms with Gasteiger partial charge in [0, 0.05) is 5.56 Å². The number of halogens is 1. The average molecular weight is 252 g/mol. The van der Waals surface area contributed by atoms with Crippen molar-refractivity contribution < 1.29 is 18.7 Å². The molecule has 98 valence electrons. The Morgan fingerprint density at radius 1 is 1.33 bits per heavy atom. The molecule has 18 heavy (non-hydrogen) atoms. The molecular formula is C14H17FO3. The van der Waals surface area contributed by atoms with Crippen molar-refractivity contribution in [3.8, 4) is 0 Å². The number of carbonyl (C=O) groups is 2. The van der Waals surface area contributed by atoms with Gasteiger partial charge in [0.05, 0.1) is 6.61 Å². The first-order chi connectivity index (χ1) is 8.51. The molecule has 3 nitrogen and oxygen atoms in total. The highest BCUT2D eigenvalue weighted by atomic mass is 19.1. The Morgan fingerprint density at radius 3 is 2.56 bits per heavy atom. The number of Topliss-reactive ketones (excluding diaryl/α,β-unsaturated/α-hetero) is 1. The van der Waals surface area contributed by atoms with Gasteiger partial charge in [-0.1, -0.05) is 13.0 Å². The van der Waals surface area contributed by atoms with Gasteiger partial charge in [0.1, 0.15) is 11.7 Å². The Hall–Kier alpha value is -1.71. The highest BCUT2D eigenvalue weighted by molar-refractivity contribution is 6.09. The topological polar surface area (TPSA) is 43.4 Å². The van der Waals surface area contributed by atoms with Crippen LogP contribution in [-0.4, -0.2) is 18.4 Å². The Bertz CT molecular complexity index is 454. The molecule has 1 unspecified atom stereocenters. The van der Waals surface area contributed by atoms with Crippen LogP contribution in [-0.2, 0) is 9.53 Å². The van der Waals surface area contributed by atoms with Crippen LogP contribution in [0.1, 0.15) is 36.2 Å². The minimum atomic E-state index is -0.856. The highest BCUT2D eigenvalue weighted by Gasteiger charge is 2.28. The summed E-state index contributed by atoms with van der Waals surface area (Å²) in [4.78, 5) is 23.8. The summed E-state index contributed by atoms with van der Waals surface area (Å²) in [7, 11) is 0. The van der Waals surface area contributed by atoms with E-state index in [-0.39, 0.29) is 18.0 Å². The van der Waals surface area contributed by atoms with E-state index in [2.05, 4.69) is 0 Å². The molecule has 0 saturated heterocycles. The molecule has 0 saturated carbocycles. The van der Waals surface area contributed by atoms with E-state index in [4.69, 9.17) is 4.74 Å². The summed E-state index contributed by atoms with van der Waals surface area (Å²) in [6.07, 6.45) is 0.341. The molecule has 1 atom stereocenters. The van der Waals surface area contributed by atoms with Gasteiger partial charge in [0.2, 0.25) is 0 Å². The van der Waals surface area contributed by atoms with Gasteiger partial charge < -0.3 is 4.74 Å². The molecule has 0 amide bonds. The van der Waals surface area contributed by atoms with Gasteiger partial charge >= 0.3 is 5.97 Å². The van der Waals surface area contributed by atoms with Crippen molar-refractivity contribution in [2.24, 2.45) is 5.92 Å². The standard InChI is InChI=1S/C14H17FO3/c1-4-11(14(17)18-5-2)13(16)12-8-10(15)7-6-9(12)3/h6-8,11H,4-5H2,1-3H3. The highest BCUT2D eigenvalue weighted by Crippen LogP contribution is 2.18. The molecule has 0 bridgehead atoms. The lowest BCUT2D eigenvalue weighted by molar-refractivity contribution is -0.146. The fourth-order valence-corrected chi connectivity index (χ4v) is 1.75. The second-order valence-electron chi connectivity index (χ2n) is 4.04. The number of hydrogen-bond donors (Lipinski definition) is 0. The van der Waals surface area contributed by atoms with Gasteiger partial charge in [-0.3, -0.25) is 9.59 Å². The van der Waals surface area contributed by atoms with E-state index >= 15 is 0 Å². The fourth-order valence-electron chi connectivity index (χ4n) is 1.75. The quantitative estimate of drug-likeness (QED) is 0.460. The molecular weight excluding hydrogens is 235 g/mol. The van der Waals surface area contributed by atoms with Crippen LogP contribution in [0.2, 0.25) is 0 Å². The van der Waals surface area contributed by atoms with Gasteiger partial charge in [0.15, 0.2) is 5.78 Å². The van der Waals surface area contributed by atoms with Crippen LogP contribution >= 0.6 is 0 Å². The monoisotopic (exact) mass is 252 g/mol. The van der Waals surface area contributed by atoms with E-state index in [1.807, 2.05) is 0 Å².